The third kappa shape index (κ3) is 4.22. The van der Waals surface area contributed by atoms with Crippen molar-refractivity contribution in [2.24, 2.45) is 0 Å². The molecule has 0 radical (unpaired) electrons. The smallest absolute Gasteiger partial charge is 0.246 e. The van der Waals surface area contributed by atoms with Crippen molar-refractivity contribution in [2.75, 3.05) is 20.3 Å². The first-order valence-electron chi connectivity index (χ1n) is 7.08. The molecular formula is C14H24ClNO4S. The van der Waals surface area contributed by atoms with Crippen LogP contribution in [-0.4, -0.2) is 39.0 Å². The van der Waals surface area contributed by atoms with E-state index in [9.17, 15) is 8.42 Å². The Morgan fingerprint density at radius 2 is 2.00 bits per heavy atom. The predicted molar refractivity (Wildman–Crippen MR) is 83.1 cm³/mol. The average Bonchev–Trinajstić information content (AvgIpc) is 2.85. The van der Waals surface area contributed by atoms with Gasteiger partial charge in [-0.15, -0.1) is 11.6 Å². The molecule has 1 heterocycles. The van der Waals surface area contributed by atoms with Crippen LogP contribution < -0.4 is 0 Å². The molecule has 0 aromatic carbocycles. The SMILES string of the molecule is CCC(CC)N(CCOC)S(=O)(=O)c1cc(CCl)oc1C. The molecule has 122 valence electrons. The van der Waals surface area contributed by atoms with Crippen LogP contribution in [0.2, 0.25) is 0 Å². The number of ether oxygens (including phenoxy) is 1. The molecule has 0 saturated carbocycles. The lowest BCUT2D eigenvalue weighted by atomic mass is 10.2. The van der Waals surface area contributed by atoms with Gasteiger partial charge in [0.05, 0.1) is 12.5 Å². The summed E-state index contributed by atoms with van der Waals surface area (Å²) in [5.74, 6) is 0.988. The van der Waals surface area contributed by atoms with Gasteiger partial charge >= 0.3 is 0 Å². The van der Waals surface area contributed by atoms with Gasteiger partial charge in [0.1, 0.15) is 16.4 Å². The molecule has 0 unspecified atom stereocenters. The van der Waals surface area contributed by atoms with E-state index in [4.69, 9.17) is 20.8 Å². The van der Waals surface area contributed by atoms with Gasteiger partial charge < -0.3 is 9.15 Å². The van der Waals surface area contributed by atoms with E-state index in [2.05, 4.69) is 0 Å². The minimum Gasteiger partial charge on any atom is -0.464 e. The Bertz CT molecular complexity index is 537. The Labute approximate surface area is 132 Å². The summed E-state index contributed by atoms with van der Waals surface area (Å²) in [6, 6.07) is 1.46. The van der Waals surface area contributed by atoms with E-state index in [1.807, 2.05) is 13.8 Å². The molecule has 1 rings (SSSR count). The summed E-state index contributed by atoms with van der Waals surface area (Å²) < 4.78 is 37.8. The third-order valence-corrected chi connectivity index (χ3v) is 5.83. The van der Waals surface area contributed by atoms with Crippen LogP contribution >= 0.6 is 11.6 Å². The van der Waals surface area contributed by atoms with E-state index in [0.29, 0.717) is 24.7 Å². The van der Waals surface area contributed by atoms with Crippen molar-refractivity contribution in [1.82, 2.24) is 4.31 Å². The number of aryl methyl sites for hydroxylation is 1. The molecule has 0 fully saturated rings. The largest absolute Gasteiger partial charge is 0.464 e. The molecule has 0 aliphatic heterocycles. The van der Waals surface area contributed by atoms with Gasteiger partial charge in [0.15, 0.2) is 0 Å². The van der Waals surface area contributed by atoms with Gasteiger partial charge in [-0.25, -0.2) is 8.42 Å². The minimum atomic E-state index is -3.62. The number of hydrogen-bond acceptors (Lipinski definition) is 4. The number of nitrogens with zero attached hydrogens (tertiary/aromatic N) is 1. The number of methoxy groups -OCH3 is 1. The highest BCUT2D eigenvalue weighted by Crippen LogP contribution is 2.27. The molecule has 0 N–H and O–H groups in total. The average molecular weight is 338 g/mol. The molecule has 0 aliphatic carbocycles. The van der Waals surface area contributed by atoms with Gasteiger partial charge in [-0.05, 0) is 19.8 Å². The van der Waals surface area contributed by atoms with Gasteiger partial charge in [0, 0.05) is 25.8 Å². The normalized spacial score (nSPS) is 12.5. The maximum atomic E-state index is 12.9. The van der Waals surface area contributed by atoms with E-state index in [-0.39, 0.29) is 16.8 Å². The van der Waals surface area contributed by atoms with E-state index in [1.54, 1.807) is 14.0 Å². The van der Waals surface area contributed by atoms with Gasteiger partial charge in [0.25, 0.3) is 0 Å². The van der Waals surface area contributed by atoms with Crippen molar-refractivity contribution in [3.8, 4) is 0 Å². The molecule has 5 nitrogen and oxygen atoms in total. The van der Waals surface area contributed by atoms with Crippen LogP contribution in [0.15, 0.2) is 15.4 Å². The molecule has 1 aromatic heterocycles. The van der Waals surface area contributed by atoms with Crippen molar-refractivity contribution < 1.29 is 17.6 Å². The van der Waals surface area contributed by atoms with Crippen LogP contribution in [0.25, 0.3) is 0 Å². The first kappa shape index (κ1) is 18.5. The van der Waals surface area contributed by atoms with Crippen molar-refractivity contribution in [1.29, 1.82) is 0 Å². The third-order valence-electron chi connectivity index (χ3n) is 3.51. The molecule has 1 aromatic rings. The number of alkyl halides is 1. The zero-order valence-electron chi connectivity index (χ0n) is 13.1. The topological polar surface area (TPSA) is 59.8 Å². The van der Waals surface area contributed by atoms with E-state index >= 15 is 0 Å². The molecule has 0 spiro atoms. The van der Waals surface area contributed by atoms with Crippen LogP contribution in [0.4, 0.5) is 0 Å². The number of sulfonamides is 1. The molecule has 0 bridgehead atoms. The maximum Gasteiger partial charge on any atom is 0.246 e. The lowest BCUT2D eigenvalue weighted by Gasteiger charge is -2.29. The highest BCUT2D eigenvalue weighted by atomic mass is 35.5. The van der Waals surface area contributed by atoms with E-state index < -0.39 is 10.0 Å². The number of halogens is 1. The summed E-state index contributed by atoms with van der Waals surface area (Å²) in [6.45, 7) is 6.29. The number of hydrogen-bond donors (Lipinski definition) is 0. The molecule has 0 aliphatic rings. The van der Waals surface area contributed by atoms with Crippen LogP contribution in [0.5, 0.6) is 0 Å². The molecular weight excluding hydrogens is 314 g/mol. The fourth-order valence-corrected chi connectivity index (χ4v) is 4.42. The van der Waals surface area contributed by atoms with Crippen LogP contribution in [0.1, 0.15) is 38.2 Å². The molecule has 7 heteroatoms. The fraction of sp³-hybridized carbons (Fsp3) is 0.714. The summed E-state index contributed by atoms with van der Waals surface area (Å²) in [4.78, 5) is 0.196. The highest BCUT2D eigenvalue weighted by Gasteiger charge is 2.32. The Kier molecular flexibility index (Phi) is 7.20. The lowest BCUT2D eigenvalue weighted by Crippen LogP contribution is -2.41. The van der Waals surface area contributed by atoms with Crippen LogP contribution in [-0.2, 0) is 20.6 Å². The second-order valence-electron chi connectivity index (χ2n) is 4.85. The van der Waals surface area contributed by atoms with E-state index in [0.717, 1.165) is 12.8 Å². The highest BCUT2D eigenvalue weighted by molar-refractivity contribution is 7.89. The quantitative estimate of drug-likeness (QED) is 0.649. The summed E-state index contributed by atoms with van der Waals surface area (Å²) >= 11 is 5.72. The first-order chi connectivity index (χ1) is 9.92. The zero-order chi connectivity index (χ0) is 16.0. The Hall–Kier alpha value is -0.560. The second-order valence-corrected chi connectivity index (χ2v) is 6.97. The number of rotatable bonds is 9. The molecule has 21 heavy (non-hydrogen) atoms. The summed E-state index contributed by atoms with van der Waals surface area (Å²) in [6.07, 6.45) is 1.50. The standard InChI is InChI=1S/C14H24ClNO4S/c1-5-12(6-2)16(7-8-19-4)21(17,18)14-9-13(10-15)20-11(14)3/h9,12H,5-8,10H2,1-4H3. The second kappa shape index (κ2) is 8.17. The summed E-state index contributed by atoms with van der Waals surface area (Å²) in [7, 11) is -2.05. The van der Waals surface area contributed by atoms with Gasteiger partial charge in [-0.3, -0.25) is 0 Å². The molecule has 0 saturated heterocycles. The van der Waals surface area contributed by atoms with E-state index in [1.165, 1.54) is 10.4 Å². The van der Waals surface area contributed by atoms with Crippen molar-refractivity contribution in [3.05, 3.63) is 17.6 Å². The van der Waals surface area contributed by atoms with Crippen LogP contribution in [0, 0.1) is 6.92 Å². The maximum absolute atomic E-state index is 12.9. The fourth-order valence-electron chi connectivity index (χ4n) is 2.35. The zero-order valence-corrected chi connectivity index (χ0v) is 14.6. The Morgan fingerprint density at radius 3 is 2.43 bits per heavy atom. The van der Waals surface area contributed by atoms with Crippen molar-refractivity contribution >= 4 is 21.6 Å². The Morgan fingerprint density at radius 1 is 1.38 bits per heavy atom. The van der Waals surface area contributed by atoms with Gasteiger partial charge in [0.2, 0.25) is 10.0 Å². The first-order valence-corrected chi connectivity index (χ1v) is 9.05. The monoisotopic (exact) mass is 337 g/mol. The molecule has 0 atom stereocenters. The Balaban J connectivity index is 3.21. The lowest BCUT2D eigenvalue weighted by molar-refractivity contribution is 0.163. The minimum absolute atomic E-state index is 0.0566. The van der Waals surface area contributed by atoms with Gasteiger partial charge in [-0.2, -0.15) is 4.31 Å². The summed E-state index contributed by atoms with van der Waals surface area (Å²) in [5, 5.41) is 0. The van der Waals surface area contributed by atoms with Crippen molar-refractivity contribution in [3.63, 3.8) is 0 Å². The van der Waals surface area contributed by atoms with Crippen molar-refractivity contribution in [2.45, 2.75) is 50.4 Å². The molecule has 0 amide bonds. The van der Waals surface area contributed by atoms with Gasteiger partial charge in [-0.1, -0.05) is 13.8 Å². The predicted octanol–water partition coefficient (Wildman–Crippen LogP) is 3.15. The van der Waals surface area contributed by atoms with Crippen LogP contribution in [0.3, 0.4) is 0 Å². The summed E-state index contributed by atoms with van der Waals surface area (Å²) in [5.41, 5.74) is 0. The number of furan rings is 1.